The first-order chi connectivity index (χ1) is 3.73. The van der Waals surface area contributed by atoms with Gasteiger partial charge in [-0.3, -0.25) is 0 Å². The average molecular weight is 504 g/mol. The number of hydrogen-bond acceptors (Lipinski definition) is 0. The fourth-order valence-corrected chi connectivity index (χ4v) is 0. The van der Waals surface area contributed by atoms with Crippen molar-refractivity contribution in [3.8, 4) is 0 Å². The van der Waals surface area contributed by atoms with Crippen LogP contribution in [0.25, 0.3) is 0 Å². The second-order valence-electron chi connectivity index (χ2n) is 1.57. The van der Waals surface area contributed by atoms with Gasteiger partial charge >= 0.3 is 0 Å². The number of hydrogen-bond donors (Lipinski definition) is 0. The molecule has 9 heavy (non-hydrogen) atoms. The van der Waals surface area contributed by atoms with Gasteiger partial charge in [0.15, 0.2) is 0 Å². The van der Waals surface area contributed by atoms with Gasteiger partial charge in [-0.25, -0.2) is 0 Å². The zero-order valence-corrected chi connectivity index (χ0v) is 13.6. The normalized spacial score (nSPS) is 10.7. The van der Waals surface area contributed by atoms with E-state index in [-0.39, 0.29) is 7.27 Å². The van der Waals surface area contributed by atoms with E-state index in [1.165, 1.54) is 0 Å². The Morgan fingerprint density at radius 1 is 1.22 bits per heavy atom. The molecule has 0 aromatic carbocycles. The summed E-state index contributed by atoms with van der Waals surface area (Å²) in [5, 5.41) is 0. The molecular formula is C4H9ClI3P. The van der Waals surface area contributed by atoms with Crippen molar-refractivity contribution in [1.29, 1.82) is 0 Å². The molecule has 5 heteroatoms. The van der Waals surface area contributed by atoms with Crippen LogP contribution in [0.4, 0.5) is 0 Å². The lowest BCUT2D eigenvalue weighted by Crippen LogP contribution is -1.82. The van der Waals surface area contributed by atoms with E-state index in [9.17, 15) is 0 Å². The SMILES string of the molecule is CC(I)(I)I.CP(C)Cl. The largest absolute Gasteiger partial charge is 0.121 e. The van der Waals surface area contributed by atoms with Gasteiger partial charge in [-0.05, 0) is 27.5 Å². The van der Waals surface area contributed by atoms with Crippen LogP contribution in [-0.2, 0) is 0 Å². The van der Waals surface area contributed by atoms with E-state index < -0.39 is 0 Å². The summed E-state index contributed by atoms with van der Waals surface area (Å²) >= 11 is 12.4. The third kappa shape index (κ3) is 102. The van der Waals surface area contributed by atoms with Crippen LogP contribution < -0.4 is 0 Å². The molecule has 0 aliphatic heterocycles. The Balaban J connectivity index is 0. The molecule has 0 saturated heterocycles. The summed E-state index contributed by atoms with van der Waals surface area (Å²) in [6.45, 7) is 6.14. The minimum absolute atomic E-state index is 0.148. The molecular weight excluding hydrogens is 495 g/mol. The van der Waals surface area contributed by atoms with E-state index in [1.807, 2.05) is 13.3 Å². The van der Waals surface area contributed by atoms with E-state index >= 15 is 0 Å². The van der Waals surface area contributed by atoms with Crippen molar-refractivity contribution in [2.45, 2.75) is 6.36 Å². The first-order valence-electron chi connectivity index (χ1n) is 2.13. The lowest BCUT2D eigenvalue weighted by atomic mass is 11.0. The van der Waals surface area contributed by atoms with E-state index in [2.05, 4.69) is 74.7 Å². The minimum atomic E-state index is -0.148. The molecule has 0 fully saturated rings. The van der Waals surface area contributed by atoms with Gasteiger partial charge in [-0.15, -0.1) is 0 Å². The summed E-state index contributed by atoms with van der Waals surface area (Å²) < 4.78 is 0.410. The molecule has 0 nitrogen and oxygen atoms in total. The monoisotopic (exact) mass is 504 g/mol. The fraction of sp³-hybridized carbons (Fsp3) is 1.00. The van der Waals surface area contributed by atoms with Crippen LogP contribution in [0, 0.1) is 0 Å². The van der Waals surface area contributed by atoms with Gasteiger partial charge in [-0.1, -0.05) is 79.0 Å². The third-order valence-electron chi connectivity index (χ3n) is 0. The van der Waals surface area contributed by atoms with Gasteiger partial charge in [0, 0.05) is 0 Å². The zero-order chi connectivity index (χ0) is 8.08. The average Bonchev–Trinajstić information content (AvgIpc) is 1.19. The zero-order valence-electron chi connectivity index (χ0n) is 5.46. The summed E-state index contributed by atoms with van der Waals surface area (Å²) in [5.74, 6) is 0. The van der Waals surface area contributed by atoms with Crippen LogP contribution in [-0.4, -0.2) is 12.8 Å². The molecule has 0 aromatic rings. The van der Waals surface area contributed by atoms with Gasteiger partial charge in [0.2, 0.25) is 0 Å². The Labute approximate surface area is 104 Å². The van der Waals surface area contributed by atoms with Crippen LogP contribution in [0.2, 0.25) is 0 Å². The molecule has 0 N–H and O–H groups in total. The van der Waals surface area contributed by atoms with Gasteiger partial charge in [0.25, 0.3) is 0 Å². The van der Waals surface area contributed by atoms with Crippen molar-refractivity contribution in [3.63, 3.8) is 0 Å². The molecule has 0 saturated carbocycles. The quantitative estimate of drug-likeness (QED) is 0.252. The number of rotatable bonds is 0. The molecule has 0 amide bonds. The van der Waals surface area contributed by atoms with Gasteiger partial charge in [0.05, 0.1) is 0 Å². The molecule has 58 valence electrons. The summed E-state index contributed by atoms with van der Waals surface area (Å²) in [6, 6.07) is 0. The van der Waals surface area contributed by atoms with Crippen molar-refractivity contribution in [2.75, 3.05) is 13.3 Å². The maximum Gasteiger partial charge on any atom is 0.121 e. The van der Waals surface area contributed by atoms with Crippen LogP contribution in [0.5, 0.6) is 0 Å². The Morgan fingerprint density at radius 3 is 1.22 bits per heavy atom. The second kappa shape index (κ2) is 7.55. The Morgan fingerprint density at radius 2 is 1.22 bits per heavy atom. The van der Waals surface area contributed by atoms with E-state index in [0.717, 1.165) is 0 Å². The Kier molecular flexibility index (Phi) is 12.1. The fourth-order valence-electron chi connectivity index (χ4n) is 0. The molecule has 0 rings (SSSR count). The second-order valence-corrected chi connectivity index (χ2v) is 17.8. The first kappa shape index (κ1) is 14.4. The lowest BCUT2D eigenvalue weighted by Gasteiger charge is -1.96. The van der Waals surface area contributed by atoms with E-state index in [1.54, 1.807) is 0 Å². The first-order valence-corrected chi connectivity index (χ1v) is 8.51. The molecule has 0 spiro atoms. The maximum atomic E-state index is 5.34. The molecule has 0 aromatic heterocycles. The smallest absolute Gasteiger partial charge is 0.0970 e. The summed E-state index contributed by atoms with van der Waals surface area (Å²) in [5.41, 5.74) is 0. The predicted octanol–water partition coefficient (Wildman–Crippen LogP) is 4.85. The molecule has 0 heterocycles. The maximum absolute atomic E-state index is 5.34. The van der Waals surface area contributed by atoms with Crippen molar-refractivity contribution < 1.29 is 0 Å². The number of alkyl halides is 3. The summed E-state index contributed by atoms with van der Waals surface area (Å²) in [6.07, 6.45) is 0. The van der Waals surface area contributed by atoms with E-state index in [0.29, 0.717) is -0.565 Å². The van der Waals surface area contributed by atoms with Crippen molar-refractivity contribution in [3.05, 3.63) is 0 Å². The van der Waals surface area contributed by atoms with Crippen LogP contribution in [0.15, 0.2) is 0 Å². The predicted molar refractivity (Wildman–Crippen MR) is 75.1 cm³/mol. The van der Waals surface area contributed by atoms with Crippen LogP contribution in [0.3, 0.4) is 0 Å². The lowest BCUT2D eigenvalue weighted by molar-refractivity contribution is 1.50. The standard InChI is InChI=1S/C2H6ClP.C2H3I3/c1-4(2)3;1-2(3,4)5/h1-2H3;1H3. The van der Waals surface area contributed by atoms with Crippen molar-refractivity contribution >= 4 is 86.3 Å². The molecule has 0 bridgehead atoms. The third-order valence-corrected chi connectivity index (χ3v) is 0. The Hall–Kier alpha value is 2.91. The van der Waals surface area contributed by atoms with Crippen LogP contribution in [0.1, 0.15) is 6.92 Å². The molecule has 0 unspecified atom stereocenters. The molecule has 0 aliphatic carbocycles. The highest BCUT2D eigenvalue weighted by Gasteiger charge is 2.04. The highest BCUT2D eigenvalue weighted by atomic mass is 127. The van der Waals surface area contributed by atoms with Gasteiger partial charge in [0.1, 0.15) is -0.565 Å². The molecule has 0 atom stereocenters. The Bertz CT molecular complexity index is 52.6. The molecule has 0 radical (unpaired) electrons. The number of halogens is 4. The van der Waals surface area contributed by atoms with Gasteiger partial charge < -0.3 is 0 Å². The topological polar surface area (TPSA) is 0 Å². The molecule has 0 aliphatic rings. The van der Waals surface area contributed by atoms with Crippen molar-refractivity contribution in [2.24, 2.45) is 0 Å². The highest BCUT2D eigenvalue weighted by Crippen LogP contribution is 2.33. The summed E-state index contributed by atoms with van der Waals surface area (Å²) in [7, 11) is -0.148. The summed E-state index contributed by atoms with van der Waals surface area (Å²) in [4.78, 5) is 0. The van der Waals surface area contributed by atoms with E-state index in [4.69, 9.17) is 11.2 Å². The van der Waals surface area contributed by atoms with Gasteiger partial charge in [-0.2, -0.15) is 0 Å². The highest BCUT2D eigenvalue weighted by molar-refractivity contribution is 14.3. The van der Waals surface area contributed by atoms with Crippen LogP contribution >= 0.6 is 86.3 Å². The van der Waals surface area contributed by atoms with Crippen molar-refractivity contribution in [1.82, 2.24) is 0 Å². The minimum Gasteiger partial charge on any atom is -0.0970 e.